The van der Waals surface area contributed by atoms with Crippen LogP contribution in [0.4, 0.5) is 0 Å². The summed E-state index contributed by atoms with van der Waals surface area (Å²) in [6.45, 7) is 1.16. The summed E-state index contributed by atoms with van der Waals surface area (Å²) in [6, 6.07) is 2.12. The van der Waals surface area contributed by atoms with Gasteiger partial charge in [0, 0.05) is 24.0 Å². The van der Waals surface area contributed by atoms with E-state index in [1.54, 1.807) is 0 Å². The van der Waals surface area contributed by atoms with Gasteiger partial charge >= 0.3 is 0 Å². The summed E-state index contributed by atoms with van der Waals surface area (Å²) in [5.74, 6) is 0.997. The Hall–Kier alpha value is -0.760. The molecule has 2 aliphatic rings. The smallest absolute Gasteiger partial charge is 0.0807 e. The van der Waals surface area contributed by atoms with Gasteiger partial charge < -0.3 is 9.67 Å². The summed E-state index contributed by atoms with van der Waals surface area (Å²) in [7, 11) is 0. The van der Waals surface area contributed by atoms with Crippen molar-refractivity contribution in [2.24, 2.45) is 5.92 Å². The first-order valence-corrected chi connectivity index (χ1v) is 6.20. The van der Waals surface area contributed by atoms with Gasteiger partial charge in [-0.05, 0) is 37.7 Å². The molecule has 0 spiro atoms. The Morgan fingerprint density at radius 2 is 2.20 bits per heavy atom. The van der Waals surface area contributed by atoms with E-state index in [0.717, 1.165) is 31.7 Å². The molecule has 3 rings (SSSR count). The Balaban J connectivity index is 1.76. The predicted molar refractivity (Wildman–Crippen MR) is 59.7 cm³/mol. The molecule has 15 heavy (non-hydrogen) atoms. The van der Waals surface area contributed by atoms with Crippen LogP contribution < -0.4 is 0 Å². The van der Waals surface area contributed by atoms with Gasteiger partial charge in [0.25, 0.3) is 0 Å². The Morgan fingerprint density at radius 3 is 3.00 bits per heavy atom. The number of fused-ring (bicyclic) bond motifs is 1. The molecule has 2 heteroatoms. The predicted octanol–water partition coefficient (Wildman–Crippen LogP) is 2.66. The molecule has 0 aliphatic heterocycles. The van der Waals surface area contributed by atoms with Gasteiger partial charge in [0.1, 0.15) is 0 Å². The zero-order chi connectivity index (χ0) is 10.3. The lowest BCUT2D eigenvalue weighted by atomic mass is 9.95. The molecule has 1 unspecified atom stereocenters. The number of aromatic nitrogens is 1. The van der Waals surface area contributed by atoms with Gasteiger partial charge in [-0.15, -0.1) is 0 Å². The minimum atomic E-state index is -0.198. The molecular formula is C13H19NO. The molecular weight excluding hydrogens is 186 g/mol. The quantitative estimate of drug-likeness (QED) is 0.806. The zero-order valence-corrected chi connectivity index (χ0v) is 9.15. The van der Waals surface area contributed by atoms with E-state index in [4.69, 9.17) is 0 Å². The van der Waals surface area contributed by atoms with Crippen LogP contribution in [0.5, 0.6) is 0 Å². The number of nitrogens with zero attached hydrogens (tertiary/aromatic N) is 1. The first-order chi connectivity index (χ1) is 7.34. The third-order valence-electron chi connectivity index (χ3n) is 3.84. The fourth-order valence-electron chi connectivity index (χ4n) is 2.67. The van der Waals surface area contributed by atoms with Crippen LogP contribution in [0.15, 0.2) is 12.3 Å². The minimum Gasteiger partial charge on any atom is -0.388 e. The Kier molecular flexibility index (Phi) is 2.32. The molecule has 2 nitrogen and oxygen atoms in total. The summed E-state index contributed by atoms with van der Waals surface area (Å²) in [6.07, 6.45) is 9.42. The molecule has 2 aliphatic carbocycles. The molecule has 0 bridgehead atoms. The highest BCUT2D eigenvalue weighted by Gasteiger charge is 2.23. The highest BCUT2D eigenvalue weighted by atomic mass is 16.3. The van der Waals surface area contributed by atoms with Crippen LogP contribution >= 0.6 is 0 Å². The topological polar surface area (TPSA) is 25.2 Å². The van der Waals surface area contributed by atoms with Gasteiger partial charge in [0.2, 0.25) is 0 Å². The van der Waals surface area contributed by atoms with Crippen molar-refractivity contribution >= 4 is 0 Å². The standard InChI is InChI=1S/C13H19NO/c15-13-3-1-2-12-11(13)7-9-14(12)8-6-10-4-5-10/h7,9-10,13,15H,1-6,8H2. The van der Waals surface area contributed by atoms with Gasteiger partial charge in [0.15, 0.2) is 0 Å². The molecule has 0 aromatic carbocycles. The molecule has 1 saturated carbocycles. The van der Waals surface area contributed by atoms with Crippen LogP contribution in [-0.2, 0) is 13.0 Å². The summed E-state index contributed by atoms with van der Waals surface area (Å²) in [4.78, 5) is 0. The van der Waals surface area contributed by atoms with Crippen LogP contribution in [0.1, 0.15) is 49.5 Å². The van der Waals surface area contributed by atoms with Gasteiger partial charge in [-0.1, -0.05) is 12.8 Å². The first-order valence-electron chi connectivity index (χ1n) is 6.20. The van der Waals surface area contributed by atoms with Crippen molar-refractivity contribution < 1.29 is 5.11 Å². The van der Waals surface area contributed by atoms with E-state index < -0.39 is 0 Å². The second-order valence-corrected chi connectivity index (χ2v) is 5.05. The molecule has 1 aromatic rings. The Labute approximate surface area is 90.9 Å². The monoisotopic (exact) mass is 205 g/mol. The van der Waals surface area contributed by atoms with Crippen molar-refractivity contribution in [2.75, 3.05) is 0 Å². The molecule has 82 valence electrons. The number of aliphatic hydroxyl groups excluding tert-OH is 1. The van der Waals surface area contributed by atoms with Crippen molar-refractivity contribution in [1.82, 2.24) is 4.57 Å². The molecule has 1 fully saturated rings. The van der Waals surface area contributed by atoms with E-state index in [0.29, 0.717) is 0 Å². The van der Waals surface area contributed by atoms with Gasteiger partial charge in [-0.3, -0.25) is 0 Å². The molecule has 1 atom stereocenters. The second-order valence-electron chi connectivity index (χ2n) is 5.05. The zero-order valence-electron chi connectivity index (χ0n) is 9.15. The number of hydrogen-bond donors (Lipinski definition) is 1. The lowest BCUT2D eigenvalue weighted by Crippen LogP contribution is -2.12. The average Bonchev–Trinajstić information content (AvgIpc) is 2.97. The van der Waals surface area contributed by atoms with Crippen molar-refractivity contribution in [2.45, 2.75) is 51.2 Å². The maximum absolute atomic E-state index is 9.85. The maximum atomic E-state index is 9.85. The second kappa shape index (κ2) is 3.67. The fourth-order valence-corrected chi connectivity index (χ4v) is 2.67. The summed E-state index contributed by atoms with van der Waals surface area (Å²) in [5.41, 5.74) is 2.59. The van der Waals surface area contributed by atoms with Crippen molar-refractivity contribution in [3.63, 3.8) is 0 Å². The molecule has 1 aromatic heterocycles. The minimum absolute atomic E-state index is 0.198. The van der Waals surface area contributed by atoms with Gasteiger partial charge in [0.05, 0.1) is 6.10 Å². The lowest BCUT2D eigenvalue weighted by molar-refractivity contribution is 0.155. The van der Waals surface area contributed by atoms with Gasteiger partial charge in [-0.2, -0.15) is 0 Å². The maximum Gasteiger partial charge on any atom is 0.0807 e. The largest absolute Gasteiger partial charge is 0.388 e. The summed E-state index contributed by atoms with van der Waals surface area (Å²) < 4.78 is 2.37. The van der Waals surface area contributed by atoms with Crippen LogP contribution in [-0.4, -0.2) is 9.67 Å². The number of aliphatic hydroxyl groups is 1. The first kappa shape index (κ1) is 9.46. The van der Waals surface area contributed by atoms with E-state index in [1.165, 1.54) is 30.5 Å². The van der Waals surface area contributed by atoms with Crippen LogP contribution in [0.2, 0.25) is 0 Å². The van der Waals surface area contributed by atoms with E-state index in [2.05, 4.69) is 16.8 Å². The number of rotatable bonds is 3. The third kappa shape index (κ3) is 1.83. The highest BCUT2D eigenvalue weighted by Crippen LogP contribution is 2.34. The SMILES string of the molecule is OC1CCCc2c1ccn2CCC1CC1. The molecule has 1 N–H and O–H groups in total. The van der Waals surface area contributed by atoms with Crippen LogP contribution in [0, 0.1) is 5.92 Å². The Bertz CT molecular complexity index is 351. The normalized spacial score (nSPS) is 25.3. The van der Waals surface area contributed by atoms with Crippen LogP contribution in [0.3, 0.4) is 0 Å². The summed E-state index contributed by atoms with van der Waals surface area (Å²) >= 11 is 0. The van der Waals surface area contributed by atoms with E-state index >= 15 is 0 Å². The lowest BCUT2D eigenvalue weighted by Gasteiger charge is -2.20. The molecule has 1 heterocycles. The van der Waals surface area contributed by atoms with Crippen molar-refractivity contribution in [3.05, 3.63) is 23.5 Å². The molecule has 0 amide bonds. The third-order valence-corrected chi connectivity index (χ3v) is 3.84. The number of aryl methyl sites for hydroxylation is 1. The van der Waals surface area contributed by atoms with Crippen molar-refractivity contribution in [1.29, 1.82) is 0 Å². The fraction of sp³-hybridized carbons (Fsp3) is 0.692. The number of hydrogen-bond acceptors (Lipinski definition) is 1. The van der Waals surface area contributed by atoms with E-state index in [-0.39, 0.29) is 6.10 Å². The van der Waals surface area contributed by atoms with E-state index in [9.17, 15) is 5.11 Å². The summed E-state index contributed by atoms with van der Waals surface area (Å²) in [5, 5.41) is 9.85. The van der Waals surface area contributed by atoms with Crippen molar-refractivity contribution in [3.8, 4) is 0 Å². The Morgan fingerprint density at radius 1 is 1.33 bits per heavy atom. The molecule has 0 radical (unpaired) electrons. The van der Waals surface area contributed by atoms with Crippen LogP contribution in [0.25, 0.3) is 0 Å². The van der Waals surface area contributed by atoms with E-state index in [1.807, 2.05) is 0 Å². The highest BCUT2D eigenvalue weighted by molar-refractivity contribution is 5.27. The van der Waals surface area contributed by atoms with Gasteiger partial charge in [-0.25, -0.2) is 0 Å². The average molecular weight is 205 g/mol. The molecule has 0 saturated heterocycles.